The van der Waals surface area contributed by atoms with Crippen molar-refractivity contribution in [2.45, 2.75) is 57.9 Å². The Morgan fingerprint density at radius 3 is 2.71 bits per heavy atom. The molecule has 1 nitrogen and oxygen atoms in total. The molecule has 1 rings (SSSR count). The van der Waals surface area contributed by atoms with Crippen molar-refractivity contribution in [3.05, 3.63) is 0 Å². The minimum atomic E-state index is 0.732. The lowest BCUT2D eigenvalue weighted by molar-refractivity contribution is 0.341. The summed E-state index contributed by atoms with van der Waals surface area (Å²) >= 11 is 0. The predicted octanol–water partition coefficient (Wildman–Crippen LogP) is 2.96. The third-order valence-corrected chi connectivity index (χ3v) is 3.27. The maximum Gasteiger partial charge on any atom is 0.00955 e. The van der Waals surface area contributed by atoms with Crippen molar-refractivity contribution in [1.82, 2.24) is 5.32 Å². The van der Waals surface area contributed by atoms with E-state index in [1.54, 1.807) is 0 Å². The smallest absolute Gasteiger partial charge is 0.00955 e. The van der Waals surface area contributed by atoms with Crippen LogP contribution in [0.5, 0.6) is 0 Å². The van der Waals surface area contributed by atoms with Gasteiger partial charge in [-0.1, -0.05) is 19.8 Å². The molecule has 0 radical (unpaired) electrons. The number of hydrogen-bond acceptors (Lipinski definition) is 1. The molecule has 0 saturated heterocycles. The fourth-order valence-electron chi connectivity index (χ4n) is 2.55. The van der Waals surface area contributed by atoms with Crippen molar-refractivity contribution in [1.29, 1.82) is 0 Å². The number of terminal acetylenes is 1. The van der Waals surface area contributed by atoms with Gasteiger partial charge >= 0.3 is 0 Å². The van der Waals surface area contributed by atoms with E-state index in [0.29, 0.717) is 0 Å². The molecule has 1 aliphatic rings. The highest BCUT2D eigenvalue weighted by atomic mass is 14.9. The summed E-state index contributed by atoms with van der Waals surface area (Å²) in [6, 6.07) is 0.732. The first-order chi connectivity index (χ1) is 6.88. The van der Waals surface area contributed by atoms with Gasteiger partial charge in [-0.3, -0.25) is 0 Å². The first-order valence-electron chi connectivity index (χ1n) is 6.05. The number of hydrogen-bond donors (Lipinski definition) is 1. The standard InChI is InChI=1S/C13H23N/c1-3-5-6-11-13(14-4-2)12-9-7-8-10-12/h1,12-14H,4-11H2,2H3. The van der Waals surface area contributed by atoms with Gasteiger partial charge < -0.3 is 5.32 Å². The highest BCUT2D eigenvalue weighted by molar-refractivity contribution is 4.86. The third kappa shape index (κ3) is 3.72. The van der Waals surface area contributed by atoms with E-state index in [1.807, 2.05) is 0 Å². The van der Waals surface area contributed by atoms with Crippen LogP contribution >= 0.6 is 0 Å². The minimum Gasteiger partial charge on any atom is -0.314 e. The van der Waals surface area contributed by atoms with Crippen molar-refractivity contribution in [3.63, 3.8) is 0 Å². The lowest BCUT2D eigenvalue weighted by atomic mass is 9.93. The van der Waals surface area contributed by atoms with Gasteiger partial charge in [-0.2, -0.15) is 0 Å². The quantitative estimate of drug-likeness (QED) is 0.505. The summed E-state index contributed by atoms with van der Waals surface area (Å²) in [6.45, 7) is 3.29. The highest BCUT2D eigenvalue weighted by Gasteiger charge is 2.23. The van der Waals surface area contributed by atoms with Crippen LogP contribution in [0.3, 0.4) is 0 Å². The lowest BCUT2D eigenvalue weighted by Gasteiger charge is -2.23. The van der Waals surface area contributed by atoms with E-state index in [-0.39, 0.29) is 0 Å². The highest BCUT2D eigenvalue weighted by Crippen LogP contribution is 2.29. The summed E-state index contributed by atoms with van der Waals surface area (Å²) in [7, 11) is 0. The van der Waals surface area contributed by atoms with Gasteiger partial charge in [0.05, 0.1) is 0 Å². The summed E-state index contributed by atoms with van der Waals surface area (Å²) in [5, 5.41) is 3.61. The SMILES string of the molecule is C#CCCCC(NCC)C1CCCC1. The van der Waals surface area contributed by atoms with Crippen LogP contribution in [0, 0.1) is 18.3 Å². The maximum atomic E-state index is 5.27. The van der Waals surface area contributed by atoms with Crippen molar-refractivity contribution in [2.24, 2.45) is 5.92 Å². The normalized spacial score (nSPS) is 19.4. The van der Waals surface area contributed by atoms with Gasteiger partial charge in [0, 0.05) is 12.5 Å². The second-order valence-electron chi connectivity index (χ2n) is 4.31. The zero-order valence-corrected chi connectivity index (χ0v) is 9.39. The Labute approximate surface area is 88.7 Å². The molecule has 1 saturated carbocycles. The average Bonchev–Trinajstić information content (AvgIpc) is 2.70. The molecule has 0 bridgehead atoms. The van der Waals surface area contributed by atoms with Crippen LogP contribution in [0.15, 0.2) is 0 Å². The molecule has 14 heavy (non-hydrogen) atoms. The predicted molar refractivity (Wildman–Crippen MR) is 62.1 cm³/mol. The topological polar surface area (TPSA) is 12.0 Å². The second kappa shape index (κ2) is 6.90. The largest absolute Gasteiger partial charge is 0.314 e. The van der Waals surface area contributed by atoms with Gasteiger partial charge in [0.2, 0.25) is 0 Å². The Morgan fingerprint density at radius 2 is 2.14 bits per heavy atom. The van der Waals surface area contributed by atoms with Crippen LogP contribution in [0.1, 0.15) is 51.9 Å². The van der Waals surface area contributed by atoms with E-state index in [0.717, 1.165) is 24.9 Å². The van der Waals surface area contributed by atoms with Crippen LogP contribution in [0.25, 0.3) is 0 Å². The Kier molecular flexibility index (Phi) is 5.71. The fraction of sp³-hybridized carbons (Fsp3) is 0.846. The molecule has 0 aliphatic heterocycles. The molecule has 1 fully saturated rings. The van der Waals surface area contributed by atoms with Crippen LogP contribution in [0.4, 0.5) is 0 Å². The summed E-state index contributed by atoms with van der Waals surface area (Å²) in [4.78, 5) is 0. The average molecular weight is 193 g/mol. The molecule has 1 unspecified atom stereocenters. The van der Waals surface area contributed by atoms with Crippen molar-refractivity contribution >= 4 is 0 Å². The van der Waals surface area contributed by atoms with Gasteiger partial charge in [-0.05, 0) is 38.1 Å². The Morgan fingerprint density at radius 1 is 1.43 bits per heavy atom. The lowest BCUT2D eigenvalue weighted by Crippen LogP contribution is -2.34. The Balaban J connectivity index is 2.26. The molecule has 1 N–H and O–H groups in total. The summed E-state index contributed by atoms with van der Waals surface area (Å²) in [6.07, 6.45) is 14.4. The minimum absolute atomic E-state index is 0.732. The van der Waals surface area contributed by atoms with E-state index >= 15 is 0 Å². The van der Waals surface area contributed by atoms with E-state index in [9.17, 15) is 0 Å². The van der Waals surface area contributed by atoms with Gasteiger partial charge in [-0.25, -0.2) is 0 Å². The molecule has 1 aliphatic carbocycles. The fourth-order valence-corrected chi connectivity index (χ4v) is 2.55. The molecule has 80 valence electrons. The van der Waals surface area contributed by atoms with E-state index in [2.05, 4.69) is 18.2 Å². The first-order valence-corrected chi connectivity index (χ1v) is 6.05. The first kappa shape index (κ1) is 11.6. The van der Waals surface area contributed by atoms with E-state index < -0.39 is 0 Å². The summed E-state index contributed by atoms with van der Waals surface area (Å²) < 4.78 is 0. The third-order valence-electron chi connectivity index (χ3n) is 3.27. The Bertz CT molecular complexity index is 174. The molecular formula is C13H23N. The van der Waals surface area contributed by atoms with Crippen LogP contribution in [0.2, 0.25) is 0 Å². The van der Waals surface area contributed by atoms with Crippen molar-refractivity contribution < 1.29 is 0 Å². The van der Waals surface area contributed by atoms with Crippen LogP contribution < -0.4 is 5.32 Å². The van der Waals surface area contributed by atoms with E-state index in [1.165, 1.54) is 38.5 Å². The van der Waals surface area contributed by atoms with Gasteiger partial charge in [0.25, 0.3) is 0 Å². The molecule has 0 spiro atoms. The van der Waals surface area contributed by atoms with Crippen LogP contribution in [-0.2, 0) is 0 Å². The van der Waals surface area contributed by atoms with Gasteiger partial charge in [0.1, 0.15) is 0 Å². The van der Waals surface area contributed by atoms with Gasteiger partial charge in [0.15, 0.2) is 0 Å². The van der Waals surface area contributed by atoms with Crippen molar-refractivity contribution in [2.75, 3.05) is 6.54 Å². The molecule has 0 aromatic rings. The Hall–Kier alpha value is -0.480. The molecular weight excluding hydrogens is 170 g/mol. The van der Waals surface area contributed by atoms with Crippen molar-refractivity contribution in [3.8, 4) is 12.3 Å². The summed E-state index contributed by atoms with van der Waals surface area (Å²) in [5.74, 6) is 3.65. The van der Waals surface area contributed by atoms with Crippen LogP contribution in [-0.4, -0.2) is 12.6 Å². The molecule has 0 aromatic heterocycles. The second-order valence-corrected chi connectivity index (χ2v) is 4.31. The zero-order chi connectivity index (χ0) is 10.2. The molecule has 1 heteroatoms. The monoisotopic (exact) mass is 193 g/mol. The van der Waals surface area contributed by atoms with E-state index in [4.69, 9.17) is 6.42 Å². The molecule has 0 aromatic carbocycles. The summed E-state index contributed by atoms with van der Waals surface area (Å²) in [5.41, 5.74) is 0. The van der Waals surface area contributed by atoms with Gasteiger partial charge in [-0.15, -0.1) is 12.3 Å². The maximum absolute atomic E-state index is 5.27. The molecule has 1 atom stereocenters. The zero-order valence-electron chi connectivity index (χ0n) is 9.39. The number of unbranched alkanes of at least 4 members (excludes halogenated alkanes) is 1. The molecule has 0 amide bonds. The number of nitrogens with one attached hydrogen (secondary N) is 1. The molecule has 0 heterocycles. The number of rotatable bonds is 6.